The third-order valence-electron chi connectivity index (χ3n) is 7.48. The van der Waals surface area contributed by atoms with E-state index in [0.717, 1.165) is 32.4 Å². The number of hydrogen-bond acceptors (Lipinski definition) is 6. The second-order valence-electron chi connectivity index (χ2n) is 10.7. The quantitative estimate of drug-likeness (QED) is 0.121. The van der Waals surface area contributed by atoms with Crippen LogP contribution >= 0.6 is 23.1 Å². The van der Waals surface area contributed by atoms with Crippen LogP contribution in [-0.4, -0.2) is 24.9 Å². The number of methoxy groups -OCH3 is 1. The lowest BCUT2D eigenvalue weighted by Gasteiger charge is -2.18. The van der Waals surface area contributed by atoms with Gasteiger partial charge in [0.1, 0.15) is 15.8 Å². The van der Waals surface area contributed by atoms with Crippen molar-refractivity contribution in [3.8, 4) is 11.1 Å². The number of thiophene rings is 1. The molecule has 0 saturated heterocycles. The minimum atomic E-state index is -0.650. The summed E-state index contributed by atoms with van der Waals surface area (Å²) in [5, 5.41) is 9.69. The minimum Gasteiger partial charge on any atom is -0.465 e. The zero-order valence-electron chi connectivity index (χ0n) is 25.2. The molecule has 0 aliphatic carbocycles. The lowest BCUT2D eigenvalue weighted by atomic mass is 10.0. The van der Waals surface area contributed by atoms with Crippen molar-refractivity contribution >= 4 is 62.3 Å². The molecule has 1 heterocycles. The summed E-state index contributed by atoms with van der Waals surface area (Å²) >= 11 is 2.64. The number of aryl methyl sites for hydroxylation is 1. The average molecular weight is 643 g/mol. The molecule has 2 amide bonds. The highest BCUT2D eigenvalue weighted by Crippen LogP contribution is 2.40. The van der Waals surface area contributed by atoms with Gasteiger partial charge >= 0.3 is 5.97 Å². The van der Waals surface area contributed by atoms with Crippen LogP contribution in [0.5, 0.6) is 0 Å². The molecule has 46 heavy (non-hydrogen) atoms. The highest BCUT2D eigenvalue weighted by Gasteiger charge is 2.27. The second kappa shape index (κ2) is 13.9. The Morgan fingerprint density at radius 2 is 1.50 bits per heavy atom. The summed E-state index contributed by atoms with van der Waals surface area (Å²) in [4.78, 5) is 40.9. The number of rotatable bonds is 9. The normalized spacial score (nSPS) is 11.5. The fourth-order valence-electron chi connectivity index (χ4n) is 5.10. The van der Waals surface area contributed by atoms with Crippen molar-refractivity contribution in [1.29, 1.82) is 0 Å². The van der Waals surface area contributed by atoms with E-state index in [4.69, 9.17) is 4.74 Å². The maximum Gasteiger partial charge on any atom is 0.341 e. The largest absolute Gasteiger partial charge is 0.465 e. The van der Waals surface area contributed by atoms with Crippen LogP contribution in [0.25, 0.3) is 21.9 Å². The Morgan fingerprint density at radius 1 is 0.761 bits per heavy atom. The topological polar surface area (TPSA) is 84.5 Å². The van der Waals surface area contributed by atoms with E-state index in [1.807, 2.05) is 134 Å². The molecular formula is C38H30N2O4S2. The molecular weight excluding hydrogens is 613 g/mol. The van der Waals surface area contributed by atoms with Crippen LogP contribution in [0.2, 0.25) is 0 Å². The first-order valence-electron chi connectivity index (χ1n) is 14.6. The Bertz CT molecular complexity index is 2040. The predicted octanol–water partition coefficient (Wildman–Crippen LogP) is 9.39. The molecule has 0 radical (unpaired) electrons. The number of anilines is 2. The molecule has 0 saturated carbocycles. The van der Waals surface area contributed by atoms with Crippen molar-refractivity contribution in [2.75, 3.05) is 17.7 Å². The highest BCUT2D eigenvalue weighted by molar-refractivity contribution is 8.00. The van der Waals surface area contributed by atoms with Gasteiger partial charge in [-0.25, -0.2) is 4.79 Å². The predicted molar refractivity (Wildman–Crippen MR) is 188 cm³/mol. The van der Waals surface area contributed by atoms with Crippen molar-refractivity contribution in [1.82, 2.24) is 0 Å². The van der Waals surface area contributed by atoms with Crippen LogP contribution in [0.4, 0.5) is 10.7 Å². The van der Waals surface area contributed by atoms with Crippen molar-refractivity contribution in [3.63, 3.8) is 0 Å². The summed E-state index contributed by atoms with van der Waals surface area (Å²) < 4.78 is 5.12. The minimum absolute atomic E-state index is 0.220. The van der Waals surface area contributed by atoms with E-state index < -0.39 is 11.2 Å². The van der Waals surface area contributed by atoms with Gasteiger partial charge in [-0.05, 0) is 59.2 Å². The fraction of sp³-hybridized carbons (Fsp3) is 0.0789. The number of thioether (sulfide) groups is 1. The number of fused-ring (bicyclic) bond motifs is 1. The van der Waals surface area contributed by atoms with Gasteiger partial charge in [0, 0.05) is 27.1 Å². The van der Waals surface area contributed by atoms with Crippen LogP contribution in [-0.2, 0) is 9.53 Å². The summed E-state index contributed by atoms with van der Waals surface area (Å²) in [6.45, 7) is 2.00. The molecule has 0 fully saturated rings. The Balaban J connectivity index is 1.25. The molecule has 1 aromatic heterocycles. The number of amides is 2. The average Bonchev–Trinajstić information content (AvgIpc) is 3.50. The molecule has 0 bridgehead atoms. The highest BCUT2D eigenvalue weighted by atomic mass is 32.2. The standard InChI is InChI=1S/C38H30N2O4S2/c1-24-15-17-26(18-16-24)32-23-45-37(33(32)38(43)44-2)40-36(42)34(27-10-4-3-5-11-27)46-31-14-8-13-30(22-31)39-35(41)29-20-19-25-9-6-7-12-28(25)21-29/h3-23,34H,1-2H3,(H,39,41)(H,40,42). The third-order valence-corrected chi connectivity index (χ3v) is 9.62. The van der Waals surface area contributed by atoms with Gasteiger partial charge in [-0.3, -0.25) is 9.59 Å². The van der Waals surface area contributed by atoms with Crippen LogP contribution in [0, 0.1) is 6.92 Å². The van der Waals surface area contributed by atoms with E-state index >= 15 is 0 Å². The monoisotopic (exact) mass is 642 g/mol. The third kappa shape index (κ3) is 6.88. The first kappa shape index (κ1) is 30.8. The Kier molecular flexibility index (Phi) is 9.28. The van der Waals surface area contributed by atoms with Gasteiger partial charge in [0.05, 0.1) is 7.11 Å². The molecule has 0 aliphatic rings. The molecule has 1 unspecified atom stereocenters. The molecule has 8 heteroatoms. The summed E-state index contributed by atoms with van der Waals surface area (Å²) in [6.07, 6.45) is 0. The molecule has 1 atom stereocenters. The summed E-state index contributed by atoms with van der Waals surface area (Å²) in [5.74, 6) is -1.03. The van der Waals surface area contributed by atoms with E-state index in [-0.39, 0.29) is 11.8 Å². The van der Waals surface area contributed by atoms with Gasteiger partial charge in [-0.15, -0.1) is 23.1 Å². The van der Waals surface area contributed by atoms with Gasteiger partial charge in [0.2, 0.25) is 5.91 Å². The maximum absolute atomic E-state index is 14.0. The zero-order chi connectivity index (χ0) is 32.0. The number of esters is 1. The SMILES string of the molecule is COC(=O)c1c(-c2ccc(C)cc2)csc1NC(=O)C(Sc1cccc(NC(=O)c2ccc3ccccc3c2)c1)c1ccccc1. The molecule has 6 rings (SSSR count). The first-order chi connectivity index (χ1) is 22.4. The molecule has 0 spiro atoms. The van der Waals surface area contributed by atoms with Crippen molar-refractivity contribution in [2.45, 2.75) is 17.1 Å². The summed E-state index contributed by atoms with van der Waals surface area (Å²) in [6, 6.07) is 38.3. The van der Waals surface area contributed by atoms with E-state index in [1.54, 1.807) is 0 Å². The van der Waals surface area contributed by atoms with Gasteiger partial charge in [-0.2, -0.15) is 0 Å². The second-order valence-corrected chi connectivity index (χ2v) is 12.7. The lowest BCUT2D eigenvalue weighted by molar-refractivity contribution is -0.115. The Hall–Kier alpha value is -5.18. The molecule has 2 N–H and O–H groups in total. The molecule has 6 aromatic rings. The van der Waals surface area contributed by atoms with Crippen molar-refractivity contribution < 1.29 is 19.1 Å². The lowest BCUT2D eigenvalue weighted by Crippen LogP contribution is -2.20. The van der Waals surface area contributed by atoms with E-state index in [2.05, 4.69) is 10.6 Å². The number of carbonyl (C=O) groups excluding carboxylic acids is 3. The van der Waals surface area contributed by atoms with Crippen LogP contribution in [0.1, 0.15) is 37.1 Å². The number of benzene rings is 5. The molecule has 228 valence electrons. The van der Waals surface area contributed by atoms with Crippen molar-refractivity contribution in [3.05, 3.63) is 149 Å². The Morgan fingerprint density at radius 3 is 2.26 bits per heavy atom. The first-order valence-corrected chi connectivity index (χ1v) is 16.3. The number of ether oxygens (including phenoxy) is 1. The van der Waals surface area contributed by atoms with Crippen LogP contribution in [0.3, 0.4) is 0 Å². The Labute approximate surface area is 275 Å². The molecule has 5 aromatic carbocycles. The molecule has 0 aliphatic heterocycles. The van der Waals surface area contributed by atoms with Gasteiger partial charge < -0.3 is 15.4 Å². The molecule has 6 nitrogen and oxygen atoms in total. The fourth-order valence-corrected chi connectivity index (χ4v) is 7.14. The van der Waals surface area contributed by atoms with Crippen molar-refractivity contribution in [2.24, 2.45) is 0 Å². The summed E-state index contributed by atoms with van der Waals surface area (Å²) in [7, 11) is 1.33. The number of hydrogen-bond donors (Lipinski definition) is 2. The zero-order valence-corrected chi connectivity index (χ0v) is 26.8. The van der Waals surface area contributed by atoms with Gasteiger partial charge in [-0.1, -0.05) is 96.6 Å². The van der Waals surface area contributed by atoms with E-state index in [0.29, 0.717) is 27.4 Å². The maximum atomic E-state index is 14.0. The van der Waals surface area contributed by atoms with Gasteiger partial charge in [0.15, 0.2) is 0 Å². The summed E-state index contributed by atoms with van der Waals surface area (Å²) in [5.41, 5.74) is 4.95. The van der Waals surface area contributed by atoms with E-state index in [1.165, 1.54) is 30.2 Å². The smallest absolute Gasteiger partial charge is 0.341 e. The van der Waals surface area contributed by atoms with E-state index in [9.17, 15) is 14.4 Å². The van der Waals surface area contributed by atoms with Crippen LogP contribution in [0.15, 0.2) is 132 Å². The van der Waals surface area contributed by atoms with Gasteiger partial charge in [0.25, 0.3) is 5.91 Å². The number of carbonyl (C=O) groups is 3. The van der Waals surface area contributed by atoms with Crippen LogP contribution < -0.4 is 10.6 Å². The number of nitrogens with one attached hydrogen (secondary N) is 2.